The maximum absolute atomic E-state index is 11.6. The summed E-state index contributed by atoms with van der Waals surface area (Å²) in [5.41, 5.74) is 0. The molecule has 7 N–H and O–H groups in total. The van der Waals surface area contributed by atoms with E-state index in [2.05, 4.69) is 21.9 Å². The molecule has 0 aliphatic heterocycles. The van der Waals surface area contributed by atoms with E-state index >= 15 is 0 Å². The highest BCUT2D eigenvalue weighted by molar-refractivity contribution is 5.81. The van der Waals surface area contributed by atoms with E-state index in [1.54, 1.807) is 0 Å². The van der Waals surface area contributed by atoms with Crippen LogP contribution in [0, 0.1) is 0 Å². The highest BCUT2D eigenvalue weighted by atomic mass is 16.6. The molecule has 28 heavy (non-hydrogen) atoms. The topological polar surface area (TPSA) is 195 Å². The van der Waals surface area contributed by atoms with E-state index in [9.17, 15) is 34.8 Å². The second kappa shape index (κ2) is 14.8. The van der Waals surface area contributed by atoms with Crippen LogP contribution in [0.25, 0.3) is 0 Å². The first-order valence-corrected chi connectivity index (χ1v) is 8.55. The molecule has 0 unspecified atom stereocenters. The lowest BCUT2D eigenvalue weighted by atomic mass is 10.0. The fourth-order valence-corrected chi connectivity index (χ4v) is 1.82. The molecule has 0 aromatic rings. The van der Waals surface area contributed by atoms with Gasteiger partial charge < -0.3 is 45.6 Å². The Morgan fingerprint density at radius 2 is 1.50 bits per heavy atom. The second-order valence-corrected chi connectivity index (χ2v) is 5.61. The number of alkyl carbamates (subject to hydrolysis) is 1. The van der Waals surface area contributed by atoms with E-state index in [1.807, 2.05) is 0 Å². The number of nitrogens with one attached hydrogen (secondary N) is 2. The smallest absolute Gasteiger partial charge is 0.407 e. The van der Waals surface area contributed by atoms with E-state index in [4.69, 9.17) is 9.84 Å². The van der Waals surface area contributed by atoms with Crippen molar-refractivity contribution in [2.45, 2.75) is 37.3 Å². The Labute approximate surface area is 161 Å². The minimum absolute atomic E-state index is 0.0947. The molecule has 162 valence electrons. The van der Waals surface area contributed by atoms with Gasteiger partial charge in [0.25, 0.3) is 5.91 Å². The summed E-state index contributed by atoms with van der Waals surface area (Å²) in [6.45, 7) is 2.52. The lowest BCUT2D eigenvalue weighted by Crippen LogP contribution is -2.51. The SMILES string of the molecule is C=CC(=O)OCCOC(=O)NCCCCNC(=O)[C@H](O)[C@@H](O)[C@H](O)[C@H](O)CO. The number of ether oxygens (including phenoxy) is 2. The van der Waals surface area contributed by atoms with Crippen LogP contribution in [0.5, 0.6) is 0 Å². The summed E-state index contributed by atoms with van der Waals surface area (Å²) >= 11 is 0. The highest BCUT2D eigenvalue weighted by Gasteiger charge is 2.33. The average molecular weight is 408 g/mol. The van der Waals surface area contributed by atoms with Gasteiger partial charge in [-0.15, -0.1) is 0 Å². The third kappa shape index (κ3) is 10.8. The average Bonchev–Trinajstić information content (AvgIpc) is 2.70. The van der Waals surface area contributed by atoms with Gasteiger partial charge >= 0.3 is 12.1 Å². The van der Waals surface area contributed by atoms with Gasteiger partial charge in [0, 0.05) is 19.2 Å². The van der Waals surface area contributed by atoms with Crippen LogP contribution in [-0.4, -0.2) is 101 Å². The van der Waals surface area contributed by atoms with Crippen LogP contribution in [0.2, 0.25) is 0 Å². The highest BCUT2D eigenvalue weighted by Crippen LogP contribution is 2.05. The zero-order chi connectivity index (χ0) is 21.5. The number of aliphatic hydroxyl groups excluding tert-OH is 5. The molecule has 0 rings (SSSR count). The maximum atomic E-state index is 11.6. The molecule has 2 amide bonds. The predicted molar refractivity (Wildman–Crippen MR) is 93.9 cm³/mol. The summed E-state index contributed by atoms with van der Waals surface area (Å²) in [5, 5.41) is 51.2. The molecule has 0 bridgehead atoms. The van der Waals surface area contributed by atoms with Crippen molar-refractivity contribution < 1.29 is 49.4 Å². The Morgan fingerprint density at radius 3 is 2.07 bits per heavy atom. The van der Waals surface area contributed by atoms with E-state index in [0.717, 1.165) is 6.08 Å². The van der Waals surface area contributed by atoms with Gasteiger partial charge in [-0.2, -0.15) is 0 Å². The normalized spacial score (nSPS) is 14.9. The minimum Gasteiger partial charge on any atom is -0.459 e. The third-order valence-corrected chi connectivity index (χ3v) is 3.42. The second-order valence-electron chi connectivity index (χ2n) is 5.61. The molecule has 4 atom stereocenters. The summed E-state index contributed by atoms with van der Waals surface area (Å²) in [6, 6.07) is 0. The van der Waals surface area contributed by atoms with Crippen molar-refractivity contribution in [1.29, 1.82) is 0 Å². The first-order chi connectivity index (χ1) is 13.2. The molecule has 0 aliphatic carbocycles. The zero-order valence-electron chi connectivity index (χ0n) is 15.3. The van der Waals surface area contributed by atoms with Gasteiger partial charge in [0.2, 0.25) is 0 Å². The van der Waals surface area contributed by atoms with Crippen molar-refractivity contribution >= 4 is 18.0 Å². The van der Waals surface area contributed by atoms with Gasteiger partial charge in [0.05, 0.1) is 6.61 Å². The molecule has 0 aromatic heterocycles. The molecule has 0 aromatic carbocycles. The molecule has 0 fully saturated rings. The van der Waals surface area contributed by atoms with Gasteiger partial charge in [-0.05, 0) is 12.8 Å². The molecular weight excluding hydrogens is 380 g/mol. The summed E-state index contributed by atoms with van der Waals surface area (Å²) in [5.74, 6) is -1.58. The number of carbonyl (C=O) groups excluding carboxylic acids is 3. The Balaban J connectivity index is 3.81. The van der Waals surface area contributed by atoms with E-state index in [0.29, 0.717) is 12.8 Å². The van der Waals surface area contributed by atoms with Crippen LogP contribution < -0.4 is 10.6 Å². The van der Waals surface area contributed by atoms with Crippen molar-refractivity contribution in [2.24, 2.45) is 0 Å². The van der Waals surface area contributed by atoms with Crippen LogP contribution in [0.15, 0.2) is 12.7 Å². The first kappa shape index (κ1) is 25.8. The Bertz CT molecular complexity index is 502. The molecule has 12 nitrogen and oxygen atoms in total. The number of aliphatic hydroxyl groups is 5. The van der Waals surface area contributed by atoms with Gasteiger partial charge in [-0.1, -0.05) is 6.58 Å². The standard InChI is InChI=1S/C16H28N2O10/c1-2-11(21)27-7-8-28-16(26)18-6-4-3-5-17-15(25)14(24)13(23)12(22)10(20)9-19/h2,10,12-14,19-20,22-24H,1,3-9H2,(H,17,25)(H,18,26)/t10-,12-,13+,14-/m1/s1. The van der Waals surface area contributed by atoms with E-state index < -0.39 is 49.0 Å². The fourth-order valence-electron chi connectivity index (χ4n) is 1.82. The Hall–Kier alpha value is -2.25. The molecule has 0 aliphatic rings. The number of esters is 1. The third-order valence-electron chi connectivity index (χ3n) is 3.42. The maximum Gasteiger partial charge on any atom is 0.407 e. The number of hydrogen-bond acceptors (Lipinski definition) is 10. The number of carbonyl (C=O) groups is 3. The van der Waals surface area contributed by atoms with Gasteiger partial charge in [0.15, 0.2) is 6.10 Å². The summed E-state index contributed by atoms with van der Waals surface area (Å²) in [7, 11) is 0. The summed E-state index contributed by atoms with van der Waals surface area (Å²) in [4.78, 5) is 33.7. The van der Waals surface area contributed by atoms with Crippen molar-refractivity contribution in [2.75, 3.05) is 32.9 Å². The molecule has 12 heteroatoms. The molecular formula is C16H28N2O10. The quantitative estimate of drug-likeness (QED) is 0.0872. The van der Waals surface area contributed by atoms with Crippen LogP contribution in [0.4, 0.5) is 4.79 Å². The predicted octanol–water partition coefficient (Wildman–Crippen LogP) is -3.23. The Kier molecular flexibility index (Phi) is 13.6. The molecule has 0 heterocycles. The van der Waals surface area contributed by atoms with E-state index in [1.165, 1.54) is 0 Å². The number of unbranched alkanes of at least 4 members (excludes halogenated alkanes) is 1. The number of rotatable bonds is 14. The minimum atomic E-state index is -1.99. The summed E-state index contributed by atoms with van der Waals surface area (Å²) in [6.07, 6.45) is -6.37. The first-order valence-electron chi connectivity index (χ1n) is 8.55. The number of amides is 2. The molecule has 0 saturated carbocycles. The van der Waals surface area contributed by atoms with Gasteiger partial charge in [-0.3, -0.25) is 4.79 Å². The zero-order valence-corrected chi connectivity index (χ0v) is 15.3. The largest absolute Gasteiger partial charge is 0.459 e. The fraction of sp³-hybridized carbons (Fsp3) is 0.688. The van der Waals surface area contributed by atoms with Crippen LogP contribution in [-0.2, 0) is 19.1 Å². The van der Waals surface area contributed by atoms with Gasteiger partial charge in [-0.25, -0.2) is 9.59 Å². The van der Waals surface area contributed by atoms with Crippen molar-refractivity contribution in [3.05, 3.63) is 12.7 Å². The van der Waals surface area contributed by atoms with Crippen molar-refractivity contribution in [3.63, 3.8) is 0 Å². The van der Waals surface area contributed by atoms with Crippen LogP contribution in [0.1, 0.15) is 12.8 Å². The monoisotopic (exact) mass is 408 g/mol. The molecule has 0 spiro atoms. The van der Waals surface area contributed by atoms with Crippen molar-refractivity contribution in [3.8, 4) is 0 Å². The van der Waals surface area contributed by atoms with Crippen molar-refractivity contribution in [1.82, 2.24) is 10.6 Å². The lowest BCUT2D eigenvalue weighted by molar-refractivity contribution is -0.148. The summed E-state index contributed by atoms with van der Waals surface area (Å²) < 4.78 is 9.35. The molecule has 0 radical (unpaired) electrons. The Morgan fingerprint density at radius 1 is 0.929 bits per heavy atom. The number of hydrogen-bond donors (Lipinski definition) is 7. The van der Waals surface area contributed by atoms with E-state index in [-0.39, 0.29) is 26.3 Å². The van der Waals surface area contributed by atoms with Gasteiger partial charge in [0.1, 0.15) is 31.5 Å². The molecule has 0 saturated heterocycles. The van der Waals surface area contributed by atoms with Crippen LogP contribution >= 0.6 is 0 Å². The van der Waals surface area contributed by atoms with Crippen LogP contribution in [0.3, 0.4) is 0 Å². The lowest BCUT2D eigenvalue weighted by Gasteiger charge is -2.24.